The van der Waals surface area contributed by atoms with Gasteiger partial charge in [0.25, 0.3) is 0 Å². The van der Waals surface area contributed by atoms with Crippen LogP contribution in [0.3, 0.4) is 0 Å². The van der Waals surface area contributed by atoms with E-state index in [4.69, 9.17) is 5.11 Å². The van der Waals surface area contributed by atoms with Crippen molar-refractivity contribution in [2.24, 2.45) is 0 Å². The highest BCUT2D eigenvalue weighted by Gasteiger charge is 2.03. The van der Waals surface area contributed by atoms with Gasteiger partial charge in [-0.15, -0.1) is 11.3 Å². The monoisotopic (exact) mass is 304 g/mol. The summed E-state index contributed by atoms with van der Waals surface area (Å²) in [5, 5.41) is 14.9. The predicted octanol–water partition coefficient (Wildman–Crippen LogP) is 4.26. The van der Waals surface area contributed by atoms with E-state index in [1.54, 1.807) is 11.3 Å². The smallest absolute Gasteiger partial charge is 0.303 e. The van der Waals surface area contributed by atoms with Gasteiger partial charge in [-0.25, -0.2) is 4.98 Å². The van der Waals surface area contributed by atoms with E-state index in [0.717, 1.165) is 48.6 Å². The lowest BCUT2D eigenvalue weighted by molar-refractivity contribution is -0.137. The maximum atomic E-state index is 10.4. The first-order valence-corrected chi connectivity index (χ1v) is 8.10. The second-order valence-electron chi connectivity index (χ2n) is 4.89. The van der Waals surface area contributed by atoms with Crippen LogP contribution in [0.15, 0.2) is 35.7 Å². The van der Waals surface area contributed by atoms with Crippen LogP contribution in [0, 0.1) is 0 Å². The van der Waals surface area contributed by atoms with Crippen LogP contribution in [0.5, 0.6) is 0 Å². The third kappa shape index (κ3) is 5.55. The lowest BCUT2D eigenvalue weighted by Crippen LogP contribution is -2.01. The minimum atomic E-state index is -0.704. The van der Waals surface area contributed by atoms with E-state index in [2.05, 4.69) is 27.8 Å². The number of aromatic nitrogens is 1. The fourth-order valence-corrected chi connectivity index (χ4v) is 2.80. The number of carbonyl (C=O) groups is 1. The summed E-state index contributed by atoms with van der Waals surface area (Å²) in [6, 6.07) is 10.1. The van der Waals surface area contributed by atoms with Gasteiger partial charge in [0.1, 0.15) is 0 Å². The first kappa shape index (κ1) is 15.5. The Balaban J connectivity index is 1.66. The van der Waals surface area contributed by atoms with Crippen molar-refractivity contribution in [3.63, 3.8) is 0 Å². The number of anilines is 1. The van der Waals surface area contributed by atoms with Crippen molar-refractivity contribution in [3.05, 3.63) is 35.7 Å². The molecule has 2 N–H and O–H groups in total. The maximum Gasteiger partial charge on any atom is 0.303 e. The van der Waals surface area contributed by atoms with E-state index in [0.29, 0.717) is 0 Å². The van der Waals surface area contributed by atoms with Gasteiger partial charge in [-0.3, -0.25) is 4.79 Å². The largest absolute Gasteiger partial charge is 0.481 e. The van der Waals surface area contributed by atoms with Crippen molar-refractivity contribution in [2.75, 3.05) is 11.9 Å². The highest BCUT2D eigenvalue weighted by Crippen LogP contribution is 2.24. The average molecular weight is 304 g/mol. The number of unbranched alkanes of at least 4 members (excludes halogenated alkanes) is 3. The van der Waals surface area contributed by atoms with Gasteiger partial charge in [-0.2, -0.15) is 0 Å². The van der Waals surface area contributed by atoms with E-state index in [9.17, 15) is 4.79 Å². The van der Waals surface area contributed by atoms with Crippen LogP contribution in [-0.2, 0) is 4.79 Å². The zero-order valence-corrected chi connectivity index (χ0v) is 12.7. The topological polar surface area (TPSA) is 62.2 Å². The number of nitrogens with one attached hydrogen (secondary N) is 1. The maximum absolute atomic E-state index is 10.4. The van der Waals surface area contributed by atoms with Gasteiger partial charge in [0.15, 0.2) is 5.13 Å². The molecule has 0 saturated heterocycles. The number of rotatable bonds is 9. The highest BCUT2D eigenvalue weighted by atomic mass is 32.1. The highest BCUT2D eigenvalue weighted by molar-refractivity contribution is 7.14. The first-order valence-electron chi connectivity index (χ1n) is 7.22. The van der Waals surface area contributed by atoms with Crippen LogP contribution in [0.1, 0.15) is 32.1 Å². The lowest BCUT2D eigenvalue weighted by atomic mass is 10.1. The number of carboxylic acids is 1. The Labute approximate surface area is 128 Å². The van der Waals surface area contributed by atoms with E-state index in [1.165, 1.54) is 0 Å². The molecule has 1 heterocycles. The molecule has 0 bridgehead atoms. The molecule has 0 saturated carbocycles. The van der Waals surface area contributed by atoms with Crippen LogP contribution in [0.4, 0.5) is 5.13 Å². The first-order chi connectivity index (χ1) is 10.3. The van der Waals surface area contributed by atoms with Crippen molar-refractivity contribution < 1.29 is 9.90 Å². The van der Waals surface area contributed by atoms with Crippen molar-refractivity contribution in [1.82, 2.24) is 4.98 Å². The summed E-state index contributed by atoms with van der Waals surface area (Å²) < 4.78 is 0. The molecular weight excluding hydrogens is 284 g/mol. The molecule has 5 heteroatoms. The van der Waals surface area contributed by atoms with Crippen molar-refractivity contribution in [1.29, 1.82) is 0 Å². The Morgan fingerprint density at radius 2 is 1.90 bits per heavy atom. The molecule has 0 spiro atoms. The Bertz CT molecular complexity index is 554. The second kappa shape index (κ2) is 8.42. The van der Waals surface area contributed by atoms with Gasteiger partial charge < -0.3 is 10.4 Å². The molecule has 4 nitrogen and oxygen atoms in total. The summed E-state index contributed by atoms with van der Waals surface area (Å²) in [7, 11) is 0. The summed E-state index contributed by atoms with van der Waals surface area (Å²) in [6.45, 7) is 0.884. The summed E-state index contributed by atoms with van der Waals surface area (Å²) in [6.07, 6.45) is 4.11. The van der Waals surface area contributed by atoms with Crippen LogP contribution >= 0.6 is 11.3 Å². The number of carboxylic acid groups (broad SMARTS) is 1. The molecule has 0 aliphatic heterocycles. The Kier molecular flexibility index (Phi) is 6.22. The van der Waals surface area contributed by atoms with E-state index < -0.39 is 5.97 Å². The van der Waals surface area contributed by atoms with Crippen LogP contribution in [0.25, 0.3) is 11.3 Å². The fourth-order valence-electron chi connectivity index (χ4n) is 2.05. The van der Waals surface area contributed by atoms with Gasteiger partial charge >= 0.3 is 5.97 Å². The Morgan fingerprint density at radius 1 is 1.14 bits per heavy atom. The molecule has 1 aromatic carbocycles. The number of benzene rings is 1. The summed E-state index contributed by atoms with van der Waals surface area (Å²) in [4.78, 5) is 14.9. The van der Waals surface area contributed by atoms with Crippen molar-refractivity contribution in [3.8, 4) is 11.3 Å². The molecule has 0 aliphatic rings. The SMILES string of the molecule is O=C(O)CCCCCCNc1nc(-c2ccccc2)cs1. The number of nitrogens with zero attached hydrogens (tertiary/aromatic N) is 1. The van der Waals surface area contributed by atoms with Gasteiger partial charge in [0.05, 0.1) is 5.69 Å². The molecule has 0 fully saturated rings. The summed E-state index contributed by atoms with van der Waals surface area (Å²) in [5.41, 5.74) is 2.14. The zero-order valence-electron chi connectivity index (χ0n) is 11.9. The van der Waals surface area contributed by atoms with Gasteiger partial charge in [-0.1, -0.05) is 43.2 Å². The second-order valence-corrected chi connectivity index (χ2v) is 5.75. The fraction of sp³-hybridized carbons (Fsp3) is 0.375. The molecule has 0 aliphatic carbocycles. The normalized spacial score (nSPS) is 10.5. The third-order valence-corrected chi connectivity index (χ3v) is 3.97. The zero-order chi connectivity index (χ0) is 14.9. The Hall–Kier alpha value is -1.88. The molecule has 21 heavy (non-hydrogen) atoms. The van der Waals surface area contributed by atoms with Crippen molar-refractivity contribution >= 4 is 22.4 Å². The minimum absolute atomic E-state index is 0.278. The van der Waals surface area contributed by atoms with E-state index in [1.807, 2.05) is 18.2 Å². The molecule has 1 aromatic heterocycles. The molecule has 0 atom stereocenters. The number of hydrogen-bond donors (Lipinski definition) is 2. The molecule has 0 radical (unpaired) electrons. The number of aliphatic carboxylic acids is 1. The van der Waals surface area contributed by atoms with Gasteiger partial charge in [0, 0.05) is 23.9 Å². The van der Waals surface area contributed by atoms with Gasteiger partial charge in [0.2, 0.25) is 0 Å². The standard InChI is InChI=1S/C16H20N2O2S/c19-15(20)10-6-1-2-7-11-17-16-18-14(12-21-16)13-8-4-3-5-9-13/h3-5,8-9,12H,1-2,6-7,10-11H2,(H,17,18)(H,19,20). The van der Waals surface area contributed by atoms with E-state index in [-0.39, 0.29) is 6.42 Å². The number of hydrogen-bond acceptors (Lipinski definition) is 4. The molecule has 2 rings (SSSR count). The number of thiazole rings is 1. The van der Waals surface area contributed by atoms with Crippen LogP contribution < -0.4 is 5.32 Å². The molecule has 0 amide bonds. The van der Waals surface area contributed by atoms with Crippen molar-refractivity contribution in [2.45, 2.75) is 32.1 Å². The molecule has 2 aromatic rings. The van der Waals surface area contributed by atoms with Crippen LogP contribution in [-0.4, -0.2) is 22.6 Å². The minimum Gasteiger partial charge on any atom is -0.481 e. The third-order valence-electron chi connectivity index (χ3n) is 3.17. The van der Waals surface area contributed by atoms with Gasteiger partial charge in [-0.05, 0) is 12.8 Å². The lowest BCUT2D eigenvalue weighted by Gasteiger charge is -2.02. The summed E-state index contributed by atoms with van der Waals surface area (Å²) >= 11 is 1.62. The molecular formula is C16H20N2O2S. The molecule has 112 valence electrons. The summed E-state index contributed by atoms with van der Waals surface area (Å²) in [5.74, 6) is -0.704. The Morgan fingerprint density at radius 3 is 2.67 bits per heavy atom. The molecule has 0 unspecified atom stereocenters. The van der Waals surface area contributed by atoms with Crippen LogP contribution in [0.2, 0.25) is 0 Å². The quantitative estimate of drug-likeness (QED) is 0.680. The average Bonchev–Trinajstić information content (AvgIpc) is 2.96. The predicted molar refractivity (Wildman–Crippen MR) is 86.8 cm³/mol. The van der Waals surface area contributed by atoms with E-state index >= 15 is 0 Å².